The second-order valence-electron chi connectivity index (χ2n) is 3.94. The predicted octanol–water partition coefficient (Wildman–Crippen LogP) is 1.10. The van der Waals surface area contributed by atoms with Gasteiger partial charge in [-0.2, -0.15) is 0 Å². The Hall–Kier alpha value is -2.41. The molecule has 2 aromatic rings. The van der Waals surface area contributed by atoms with Crippen LogP contribution in [0, 0.1) is 0 Å². The molecule has 0 aliphatic heterocycles. The van der Waals surface area contributed by atoms with Gasteiger partial charge in [-0.25, -0.2) is 9.78 Å². The van der Waals surface area contributed by atoms with Crippen molar-refractivity contribution in [2.24, 2.45) is 0 Å². The highest BCUT2D eigenvalue weighted by Gasteiger charge is 2.21. The van der Waals surface area contributed by atoms with Crippen molar-refractivity contribution >= 4 is 23.3 Å². The van der Waals surface area contributed by atoms with Crippen LogP contribution in [-0.4, -0.2) is 41.6 Å². The molecular formula is C13H15N3O4. The molecule has 1 N–H and O–H groups in total. The van der Waals surface area contributed by atoms with E-state index in [-0.39, 0.29) is 30.6 Å². The van der Waals surface area contributed by atoms with E-state index in [1.54, 1.807) is 35.7 Å². The average molecular weight is 277 g/mol. The highest BCUT2D eigenvalue weighted by atomic mass is 16.5. The number of aromatic nitrogens is 2. The Morgan fingerprint density at radius 1 is 1.40 bits per heavy atom. The predicted molar refractivity (Wildman–Crippen MR) is 71.7 cm³/mol. The van der Waals surface area contributed by atoms with Gasteiger partial charge in [0, 0.05) is 13.3 Å². The molecule has 0 aliphatic carbocycles. The lowest BCUT2D eigenvalue weighted by molar-refractivity contribution is -0.119. The van der Waals surface area contributed by atoms with E-state index in [1.807, 2.05) is 0 Å². The molecule has 7 heteroatoms. The summed E-state index contributed by atoms with van der Waals surface area (Å²) in [5.74, 6) is -0.672. The number of hydrogen-bond acceptors (Lipinski definition) is 5. The van der Waals surface area contributed by atoms with Crippen LogP contribution in [0.5, 0.6) is 0 Å². The first kappa shape index (κ1) is 14.0. The lowest BCUT2D eigenvalue weighted by Gasteiger charge is -2.06. The molecule has 2 aromatic heterocycles. The molecule has 20 heavy (non-hydrogen) atoms. The standard InChI is InChI=1S/C13H15N3O4/c1-3-20-13(18)11-12(15-10(17)8-19-2)16-7-5-4-6-9(16)14-11/h4-7H,3,8H2,1-2H3,(H,15,17). The smallest absolute Gasteiger partial charge is 0.360 e. The van der Waals surface area contributed by atoms with E-state index in [9.17, 15) is 9.59 Å². The van der Waals surface area contributed by atoms with E-state index < -0.39 is 5.97 Å². The number of ether oxygens (including phenoxy) is 2. The molecule has 1 amide bonds. The number of amides is 1. The molecule has 0 saturated carbocycles. The molecule has 0 saturated heterocycles. The number of anilines is 1. The van der Waals surface area contributed by atoms with Gasteiger partial charge in [0.05, 0.1) is 6.61 Å². The van der Waals surface area contributed by atoms with E-state index in [1.165, 1.54) is 7.11 Å². The minimum absolute atomic E-state index is 0.0718. The average Bonchev–Trinajstić information content (AvgIpc) is 2.78. The summed E-state index contributed by atoms with van der Waals surface area (Å²) < 4.78 is 11.3. The Kier molecular flexibility index (Phi) is 4.31. The van der Waals surface area contributed by atoms with Gasteiger partial charge >= 0.3 is 5.97 Å². The maximum Gasteiger partial charge on any atom is 0.360 e. The molecule has 7 nitrogen and oxygen atoms in total. The van der Waals surface area contributed by atoms with Gasteiger partial charge in [-0.1, -0.05) is 6.07 Å². The van der Waals surface area contributed by atoms with Crippen molar-refractivity contribution in [3.63, 3.8) is 0 Å². The van der Waals surface area contributed by atoms with Crippen molar-refractivity contribution in [1.29, 1.82) is 0 Å². The number of rotatable bonds is 5. The van der Waals surface area contributed by atoms with Gasteiger partial charge in [-0.05, 0) is 19.1 Å². The lowest BCUT2D eigenvalue weighted by atomic mass is 10.4. The van der Waals surface area contributed by atoms with E-state index >= 15 is 0 Å². The van der Waals surface area contributed by atoms with E-state index in [4.69, 9.17) is 9.47 Å². The normalized spacial score (nSPS) is 10.5. The Bertz CT molecular complexity index is 636. The number of fused-ring (bicyclic) bond motifs is 1. The lowest BCUT2D eigenvalue weighted by Crippen LogP contribution is -2.20. The molecule has 0 aliphatic rings. The minimum atomic E-state index is -0.580. The Labute approximate surface area is 115 Å². The van der Waals surface area contributed by atoms with Crippen molar-refractivity contribution in [2.75, 3.05) is 25.6 Å². The zero-order valence-corrected chi connectivity index (χ0v) is 11.3. The fourth-order valence-electron chi connectivity index (χ4n) is 1.76. The van der Waals surface area contributed by atoms with E-state index in [2.05, 4.69) is 10.3 Å². The van der Waals surface area contributed by atoms with Crippen LogP contribution in [0.2, 0.25) is 0 Å². The summed E-state index contributed by atoms with van der Waals surface area (Å²) in [6.07, 6.45) is 1.70. The van der Waals surface area contributed by atoms with Gasteiger partial charge in [0.1, 0.15) is 12.3 Å². The van der Waals surface area contributed by atoms with Gasteiger partial charge in [0.15, 0.2) is 11.5 Å². The fourth-order valence-corrected chi connectivity index (χ4v) is 1.76. The molecule has 0 aromatic carbocycles. The maximum absolute atomic E-state index is 11.9. The second-order valence-corrected chi connectivity index (χ2v) is 3.94. The summed E-state index contributed by atoms with van der Waals surface area (Å²) in [7, 11) is 1.42. The number of carbonyl (C=O) groups excluding carboxylic acids is 2. The van der Waals surface area contributed by atoms with Crippen LogP contribution >= 0.6 is 0 Å². The molecule has 0 spiro atoms. The zero-order valence-electron chi connectivity index (χ0n) is 11.3. The topological polar surface area (TPSA) is 81.9 Å². The molecule has 0 atom stereocenters. The van der Waals surface area contributed by atoms with Crippen molar-refractivity contribution < 1.29 is 19.1 Å². The number of pyridine rings is 1. The van der Waals surface area contributed by atoms with E-state index in [0.29, 0.717) is 5.65 Å². The van der Waals surface area contributed by atoms with Crippen LogP contribution < -0.4 is 5.32 Å². The summed E-state index contributed by atoms with van der Waals surface area (Å²) in [6.45, 7) is 1.83. The number of esters is 1. The first-order valence-electron chi connectivity index (χ1n) is 6.10. The fraction of sp³-hybridized carbons (Fsp3) is 0.308. The number of nitrogens with zero attached hydrogens (tertiary/aromatic N) is 2. The number of hydrogen-bond donors (Lipinski definition) is 1. The monoisotopic (exact) mass is 277 g/mol. The summed E-state index contributed by atoms with van der Waals surface area (Å²) in [6, 6.07) is 5.29. The van der Waals surface area contributed by atoms with E-state index in [0.717, 1.165) is 0 Å². The summed E-state index contributed by atoms with van der Waals surface area (Å²) in [4.78, 5) is 27.7. The third-order valence-electron chi connectivity index (χ3n) is 2.53. The van der Waals surface area contributed by atoms with Crippen LogP contribution in [0.25, 0.3) is 5.65 Å². The Balaban J connectivity index is 2.44. The SMILES string of the molecule is CCOC(=O)c1nc2ccccn2c1NC(=O)COC. The third-order valence-corrected chi connectivity index (χ3v) is 2.53. The molecule has 0 fully saturated rings. The van der Waals surface area contributed by atoms with Crippen LogP contribution in [0.15, 0.2) is 24.4 Å². The quantitative estimate of drug-likeness (QED) is 0.827. The Morgan fingerprint density at radius 2 is 2.20 bits per heavy atom. The van der Waals surface area contributed by atoms with Gasteiger partial charge in [0.25, 0.3) is 5.91 Å². The molecule has 2 heterocycles. The van der Waals surface area contributed by atoms with Crippen LogP contribution in [-0.2, 0) is 14.3 Å². The third kappa shape index (κ3) is 2.77. The highest BCUT2D eigenvalue weighted by Crippen LogP contribution is 2.19. The summed E-state index contributed by atoms with van der Waals surface area (Å²) in [5, 5.41) is 2.61. The zero-order chi connectivity index (χ0) is 14.5. The first-order valence-corrected chi connectivity index (χ1v) is 6.10. The summed E-state index contributed by atoms with van der Waals surface area (Å²) in [5.41, 5.74) is 0.616. The molecule has 0 unspecified atom stereocenters. The molecular weight excluding hydrogens is 262 g/mol. The maximum atomic E-state index is 11.9. The molecule has 2 rings (SSSR count). The number of nitrogens with one attached hydrogen (secondary N) is 1. The Morgan fingerprint density at radius 3 is 2.90 bits per heavy atom. The van der Waals surface area contributed by atoms with Gasteiger partial charge < -0.3 is 14.8 Å². The van der Waals surface area contributed by atoms with Gasteiger partial charge in [0.2, 0.25) is 0 Å². The molecule has 0 bridgehead atoms. The molecule has 106 valence electrons. The first-order chi connectivity index (χ1) is 9.67. The van der Waals surface area contributed by atoms with Crippen molar-refractivity contribution in [1.82, 2.24) is 9.38 Å². The molecule has 0 radical (unpaired) electrons. The van der Waals surface area contributed by atoms with Crippen LogP contribution in [0.4, 0.5) is 5.82 Å². The van der Waals surface area contributed by atoms with Crippen LogP contribution in [0.3, 0.4) is 0 Å². The number of methoxy groups -OCH3 is 1. The number of carbonyl (C=O) groups is 2. The van der Waals surface area contributed by atoms with Gasteiger partial charge in [-0.3, -0.25) is 9.20 Å². The minimum Gasteiger partial charge on any atom is -0.461 e. The van der Waals surface area contributed by atoms with Crippen molar-refractivity contribution in [3.05, 3.63) is 30.1 Å². The largest absolute Gasteiger partial charge is 0.461 e. The second kappa shape index (κ2) is 6.16. The van der Waals surface area contributed by atoms with Crippen LogP contribution in [0.1, 0.15) is 17.4 Å². The highest BCUT2D eigenvalue weighted by molar-refractivity contribution is 6.00. The van der Waals surface area contributed by atoms with Crippen molar-refractivity contribution in [3.8, 4) is 0 Å². The van der Waals surface area contributed by atoms with Crippen molar-refractivity contribution in [2.45, 2.75) is 6.92 Å². The van der Waals surface area contributed by atoms with Gasteiger partial charge in [-0.15, -0.1) is 0 Å². The number of imidazole rings is 1. The summed E-state index contributed by atoms with van der Waals surface area (Å²) >= 11 is 0.